The molecular weight excluding hydrogens is 342 g/mol. The van der Waals surface area contributed by atoms with Crippen LogP contribution in [0.4, 0.5) is 13.6 Å². The van der Waals surface area contributed by atoms with Gasteiger partial charge < -0.3 is 5.32 Å². The van der Waals surface area contributed by atoms with Gasteiger partial charge in [-0.2, -0.15) is 8.78 Å². The summed E-state index contributed by atoms with van der Waals surface area (Å²) >= 11 is 0. The van der Waals surface area contributed by atoms with Crippen LogP contribution in [0.25, 0.3) is 0 Å². The highest BCUT2D eigenvalue weighted by Crippen LogP contribution is 2.33. The number of imide groups is 1. The number of aryl methyl sites for hydroxylation is 2. The van der Waals surface area contributed by atoms with Gasteiger partial charge in [-0.1, -0.05) is 18.2 Å². The Morgan fingerprint density at radius 1 is 1.27 bits per heavy atom. The van der Waals surface area contributed by atoms with E-state index in [1.165, 1.54) is 17.3 Å². The Balaban J connectivity index is 1.63. The van der Waals surface area contributed by atoms with E-state index in [0.717, 1.165) is 30.4 Å². The van der Waals surface area contributed by atoms with E-state index in [4.69, 9.17) is 0 Å². The molecule has 136 valence electrons. The highest BCUT2D eigenvalue weighted by atomic mass is 19.3. The minimum Gasteiger partial charge on any atom is -0.319 e. The van der Waals surface area contributed by atoms with Crippen LogP contribution in [0.1, 0.15) is 42.4 Å². The normalized spacial score (nSPS) is 22.2. The predicted molar refractivity (Wildman–Crippen MR) is 88.4 cm³/mol. The summed E-state index contributed by atoms with van der Waals surface area (Å²) in [7, 11) is 0. The number of fused-ring (bicyclic) bond motifs is 1. The van der Waals surface area contributed by atoms with E-state index in [-0.39, 0.29) is 12.4 Å². The van der Waals surface area contributed by atoms with Crippen LogP contribution in [0.3, 0.4) is 0 Å². The first-order valence-corrected chi connectivity index (χ1v) is 8.46. The summed E-state index contributed by atoms with van der Waals surface area (Å²) in [5, 5.41) is 2.71. The molecule has 4 rings (SSSR count). The van der Waals surface area contributed by atoms with Crippen LogP contribution < -0.4 is 5.32 Å². The molecular formula is C18H18F2N4O2. The van der Waals surface area contributed by atoms with Crippen molar-refractivity contribution >= 4 is 11.9 Å². The van der Waals surface area contributed by atoms with Crippen LogP contribution in [-0.4, -0.2) is 26.4 Å². The number of nitrogens with one attached hydrogen (secondary N) is 1. The number of nitrogens with zero attached hydrogens (tertiary/aromatic N) is 3. The average molecular weight is 360 g/mol. The summed E-state index contributed by atoms with van der Waals surface area (Å²) in [6.45, 7) is -1.44. The molecule has 1 atom stereocenters. The highest BCUT2D eigenvalue weighted by molar-refractivity contribution is 6.07. The van der Waals surface area contributed by atoms with Gasteiger partial charge in [-0.15, -0.1) is 0 Å². The van der Waals surface area contributed by atoms with Gasteiger partial charge in [0.15, 0.2) is 0 Å². The van der Waals surface area contributed by atoms with Gasteiger partial charge in [0.2, 0.25) is 0 Å². The molecule has 1 N–H and O–H groups in total. The summed E-state index contributed by atoms with van der Waals surface area (Å²) < 4.78 is 26.6. The number of alkyl halides is 2. The first-order chi connectivity index (χ1) is 12.4. The van der Waals surface area contributed by atoms with Crippen LogP contribution in [0.5, 0.6) is 0 Å². The topological polar surface area (TPSA) is 67.2 Å². The zero-order chi connectivity index (χ0) is 18.5. The number of imidazole rings is 1. The second kappa shape index (κ2) is 5.89. The number of hydrogen-bond acceptors (Lipinski definition) is 3. The van der Waals surface area contributed by atoms with Crippen LogP contribution in [0, 0.1) is 0 Å². The summed E-state index contributed by atoms with van der Waals surface area (Å²) in [4.78, 5) is 30.1. The predicted octanol–water partition coefficient (Wildman–Crippen LogP) is 2.73. The van der Waals surface area contributed by atoms with E-state index in [1.54, 1.807) is 6.92 Å². The van der Waals surface area contributed by atoms with Gasteiger partial charge in [-0.05, 0) is 42.9 Å². The largest absolute Gasteiger partial charge is 0.325 e. The Labute approximate surface area is 148 Å². The molecule has 26 heavy (non-hydrogen) atoms. The summed E-state index contributed by atoms with van der Waals surface area (Å²) in [5.74, 6) is -0.508. The number of carbonyl (C=O) groups is 2. The Bertz CT molecular complexity index is 895. The van der Waals surface area contributed by atoms with Crippen LogP contribution in [0.15, 0.2) is 30.6 Å². The third-order valence-corrected chi connectivity index (χ3v) is 5.21. The molecule has 0 radical (unpaired) electrons. The molecule has 1 fully saturated rings. The van der Waals surface area contributed by atoms with Gasteiger partial charge >= 0.3 is 12.6 Å². The first kappa shape index (κ1) is 16.7. The lowest BCUT2D eigenvalue weighted by Gasteiger charge is -2.23. The van der Waals surface area contributed by atoms with Gasteiger partial charge in [0.25, 0.3) is 5.91 Å². The number of hydrogen-bond donors (Lipinski definition) is 1. The molecule has 6 nitrogen and oxygen atoms in total. The minimum atomic E-state index is -2.78. The van der Waals surface area contributed by atoms with Crippen molar-refractivity contribution in [3.05, 3.63) is 53.1 Å². The van der Waals surface area contributed by atoms with Crippen molar-refractivity contribution in [2.45, 2.75) is 44.8 Å². The Morgan fingerprint density at radius 3 is 2.81 bits per heavy atom. The maximum Gasteiger partial charge on any atom is 0.325 e. The van der Waals surface area contributed by atoms with E-state index < -0.39 is 24.0 Å². The van der Waals surface area contributed by atoms with Gasteiger partial charge in [0.05, 0.1) is 6.54 Å². The summed E-state index contributed by atoms with van der Waals surface area (Å²) in [5.41, 5.74) is 1.95. The van der Waals surface area contributed by atoms with E-state index in [9.17, 15) is 18.4 Å². The molecule has 0 bridgehead atoms. The van der Waals surface area contributed by atoms with Crippen LogP contribution in [-0.2, 0) is 29.7 Å². The first-order valence-electron chi connectivity index (χ1n) is 8.46. The monoisotopic (exact) mass is 360 g/mol. The molecule has 2 aliphatic rings. The third kappa shape index (κ3) is 2.48. The van der Waals surface area contributed by atoms with Crippen molar-refractivity contribution in [3.8, 4) is 0 Å². The van der Waals surface area contributed by atoms with Crippen molar-refractivity contribution in [2.75, 3.05) is 0 Å². The fourth-order valence-corrected chi connectivity index (χ4v) is 3.70. The molecule has 1 aliphatic carbocycles. The van der Waals surface area contributed by atoms with Gasteiger partial charge in [0.1, 0.15) is 11.4 Å². The van der Waals surface area contributed by atoms with E-state index >= 15 is 0 Å². The number of rotatable bonds is 4. The van der Waals surface area contributed by atoms with Crippen LogP contribution in [0.2, 0.25) is 0 Å². The van der Waals surface area contributed by atoms with Crippen LogP contribution >= 0.6 is 0 Å². The number of halogens is 2. The van der Waals surface area contributed by atoms with Crippen molar-refractivity contribution in [2.24, 2.45) is 0 Å². The van der Waals surface area contributed by atoms with Crippen molar-refractivity contribution in [1.29, 1.82) is 0 Å². The SMILES string of the molecule is CC1(c2ccc3c(c2)CCC3)NC(=O)N(Cc2nccn2C(F)F)C1=O. The summed E-state index contributed by atoms with van der Waals surface area (Å²) in [6.07, 6.45) is 5.40. The molecule has 0 spiro atoms. The zero-order valence-corrected chi connectivity index (χ0v) is 14.2. The van der Waals surface area contributed by atoms with E-state index in [1.807, 2.05) is 18.2 Å². The third-order valence-electron chi connectivity index (χ3n) is 5.21. The number of aromatic nitrogens is 2. The van der Waals surface area contributed by atoms with Gasteiger partial charge in [0, 0.05) is 12.4 Å². The average Bonchev–Trinajstić information content (AvgIpc) is 3.30. The fraction of sp³-hybridized carbons (Fsp3) is 0.389. The highest BCUT2D eigenvalue weighted by Gasteiger charge is 2.49. The standard InChI is InChI=1S/C18H18F2N4O2/c1-18(13-6-5-11-3-2-4-12(11)9-13)15(25)24(17(26)22-18)10-14-21-7-8-23(14)16(19)20/h5-9,16H,2-4,10H2,1H3,(H,22,26). The van der Waals surface area contributed by atoms with Crippen molar-refractivity contribution < 1.29 is 18.4 Å². The fourth-order valence-electron chi connectivity index (χ4n) is 3.70. The molecule has 1 aromatic heterocycles. The molecule has 2 heterocycles. The number of amides is 3. The van der Waals surface area contributed by atoms with Crippen molar-refractivity contribution in [3.63, 3.8) is 0 Å². The maximum atomic E-state index is 13.0. The molecule has 1 unspecified atom stereocenters. The molecule has 8 heteroatoms. The molecule has 2 aromatic rings. The lowest BCUT2D eigenvalue weighted by molar-refractivity contribution is -0.131. The Morgan fingerprint density at radius 2 is 2.04 bits per heavy atom. The number of urea groups is 1. The smallest absolute Gasteiger partial charge is 0.319 e. The minimum absolute atomic E-state index is 0.0401. The molecule has 1 aliphatic heterocycles. The molecule has 1 saturated heterocycles. The Hall–Kier alpha value is -2.77. The molecule has 1 aromatic carbocycles. The molecule has 0 saturated carbocycles. The summed E-state index contributed by atoms with van der Waals surface area (Å²) in [6, 6.07) is 5.20. The van der Waals surface area contributed by atoms with E-state index in [0.29, 0.717) is 10.1 Å². The second-order valence-corrected chi connectivity index (χ2v) is 6.81. The Kier molecular flexibility index (Phi) is 3.78. The van der Waals surface area contributed by atoms with Gasteiger partial charge in [-0.3, -0.25) is 14.3 Å². The van der Waals surface area contributed by atoms with E-state index in [2.05, 4.69) is 10.3 Å². The van der Waals surface area contributed by atoms with Crippen molar-refractivity contribution in [1.82, 2.24) is 19.8 Å². The zero-order valence-electron chi connectivity index (χ0n) is 14.2. The maximum absolute atomic E-state index is 13.0. The lowest BCUT2D eigenvalue weighted by Crippen LogP contribution is -2.41. The molecule has 3 amide bonds. The van der Waals surface area contributed by atoms with Gasteiger partial charge in [-0.25, -0.2) is 9.78 Å². The number of carbonyl (C=O) groups excluding carboxylic acids is 2. The lowest BCUT2D eigenvalue weighted by atomic mass is 9.89. The quantitative estimate of drug-likeness (QED) is 0.853. The second-order valence-electron chi connectivity index (χ2n) is 6.81. The number of benzene rings is 1.